The first kappa shape index (κ1) is 25.1. The summed E-state index contributed by atoms with van der Waals surface area (Å²) in [6.07, 6.45) is 2.09. The number of thioether (sulfide) groups is 1. The number of amides is 2. The van der Waals surface area contributed by atoms with Gasteiger partial charge in [-0.2, -0.15) is 0 Å². The van der Waals surface area contributed by atoms with Crippen LogP contribution < -0.4 is 5.32 Å². The lowest BCUT2D eigenvalue weighted by Gasteiger charge is -2.31. The summed E-state index contributed by atoms with van der Waals surface area (Å²) in [6.45, 7) is 3.01. The van der Waals surface area contributed by atoms with Crippen molar-refractivity contribution < 1.29 is 24.2 Å². The van der Waals surface area contributed by atoms with Crippen LogP contribution in [-0.2, 0) is 14.3 Å². The molecule has 0 saturated carbocycles. The maximum Gasteiger partial charge on any atom is 0.407 e. The van der Waals surface area contributed by atoms with Gasteiger partial charge in [-0.25, -0.2) is 4.79 Å². The van der Waals surface area contributed by atoms with Crippen LogP contribution in [0.5, 0.6) is 0 Å². The van der Waals surface area contributed by atoms with Crippen LogP contribution >= 0.6 is 11.8 Å². The number of benzene rings is 2. The average molecular weight is 497 g/mol. The number of hydrogen-bond acceptors (Lipinski definition) is 5. The Bertz CT molecular complexity index is 1030. The molecular formula is C27H32N2O5S. The lowest BCUT2D eigenvalue weighted by atomic mass is 9.98. The molecule has 4 rings (SSSR count). The van der Waals surface area contributed by atoms with Crippen molar-refractivity contribution in [3.8, 4) is 11.1 Å². The van der Waals surface area contributed by atoms with Gasteiger partial charge in [-0.05, 0) is 28.7 Å². The van der Waals surface area contributed by atoms with Gasteiger partial charge >= 0.3 is 12.1 Å². The number of nitrogens with one attached hydrogen (secondary N) is 1. The Hall–Kier alpha value is -3.00. The Morgan fingerprint density at radius 3 is 2.40 bits per heavy atom. The molecule has 0 bridgehead atoms. The van der Waals surface area contributed by atoms with Gasteiger partial charge in [0.1, 0.15) is 11.9 Å². The fourth-order valence-corrected chi connectivity index (χ4v) is 5.89. The van der Waals surface area contributed by atoms with Crippen molar-refractivity contribution in [2.75, 3.05) is 25.4 Å². The van der Waals surface area contributed by atoms with E-state index in [4.69, 9.17) is 4.74 Å². The van der Waals surface area contributed by atoms with Crippen molar-refractivity contribution in [3.63, 3.8) is 0 Å². The predicted molar refractivity (Wildman–Crippen MR) is 137 cm³/mol. The minimum absolute atomic E-state index is 0.0253. The van der Waals surface area contributed by atoms with Crippen molar-refractivity contribution >= 4 is 29.7 Å². The van der Waals surface area contributed by atoms with E-state index in [2.05, 4.69) is 36.5 Å². The number of fused-ring (bicyclic) bond motifs is 3. The molecule has 2 aliphatic rings. The molecule has 2 amide bonds. The summed E-state index contributed by atoms with van der Waals surface area (Å²) in [4.78, 5) is 38.6. The van der Waals surface area contributed by atoms with Crippen molar-refractivity contribution in [3.05, 3.63) is 59.7 Å². The fourth-order valence-electron chi connectivity index (χ4n) is 4.85. The maximum absolute atomic E-state index is 12.9. The quantitative estimate of drug-likeness (QED) is 0.531. The third kappa shape index (κ3) is 5.99. The van der Waals surface area contributed by atoms with Crippen LogP contribution in [0.1, 0.15) is 49.7 Å². The van der Waals surface area contributed by atoms with Gasteiger partial charge in [0.15, 0.2) is 0 Å². The van der Waals surface area contributed by atoms with Crippen LogP contribution in [0.4, 0.5) is 4.79 Å². The largest absolute Gasteiger partial charge is 0.480 e. The molecule has 1 unspecified atom stereocenters. The van der Waals surface area contributed by atoms with Crippen LogP contribution in [-0.4, -0.2) is 64.7 Å². The van der Waals surface area contributed by atoms with Gasteiger partial charge in [-0.3, -0.25) is 9.59 Å². The Morgan fingerprint density at radius 2 is 1.77 bits per heavy atom. The first-order valence-corrected chi connectivity index (χ1v) is 13.3. The second kappa shape index (κ2) is 11.6. The van der Waals surface area contributed by atoms with Crippen LogP contribution in [0.3, 0.4) is 0 Å². The first-order valence-electron chi connectivity index (χ1n) is 12.2. The second-order valence-electron chi connectivity index (χ2n) is 9.05. The molecule has 2 aromatic carbocycles. The molecule has 186 valence electrons. The van der Waals surface area contributed by atoms with Gasteiger partial charge in [0.25, 0.3) is 0 Å². The number of carbonyl (C=O) groups is 3. The van der Waals surface area contributed by atoms with E-state index in [1.54, 1.807) is 4.90 Å². The van der Waals surface area contributed by atoms with E-state index in [0.717, 1.165) is 24.0 Å². The highest BCUT2D eigenvalue weighted by atomic mass is 32.2. The van der Waals surface area contributed by atoms with E-state index in [1.165, 1.54) is 22.9 Å². The zero-order valence-electron chi connectivity index (χ0n) is 19.9. The monoisotopic (exact) mass is 496 g/mol. The van der Waals surface area contributed by atoms with E-state index in [-0.39, 0.29) is 37.4 Å². The number of unbranched alkanes of at least 4 members (excludes halogenated alkanes) is 1. The van der Waals surface area contributed by atoms with Gasteiger partial charge in [-0.1, -0.05) is 68.3 Å². The summed E-state index contributed by atoms with van der Waals surface area (Å²) in [5.41, 5.74) is 4.64. The van der Waals surface area contributed by atoms with Gasteiger partial charge in [0, 0.05) is 37.2 Å². The number of aliphatic carboxylic acids is 1. The molecule has 0 aromatic heterocycles. The number of carbonyl (C=O) groups excluding carboxylic acids is 2. The number of carboxylic acids is 1. The van der Waals surface area contributed by atoms with E-state index < -0.39 is 17.3 Å². The molecule has 1 aliphatic heterocycles. The maximum atomic E-state index is 12.9. The standard InChI is InChI=1S/C27H32N2O5S/c1-2-3-8-18(15-25(30)29-13-14-35-24(16-29)26(31)32)28-27(33)34-17-23-21-11-6-4-9-19(21)20-10-5-7-12-22(20)23/h4-7,9-12,18,23-24H,2-3,8,13-17H2,1H3,(H,28,33)(H,31,32)/t18-,24?/m0/s1. The second-order valence-corrected chi connectivity index (χ2v) is 10.4. The van der Waals surface area contributed by atoms with Gasteiger partial charge in [0.2, 0.25) is 5.91 Å². The minimum atomic E-state index is -0.896. The number of carboxylic acid groups (broad SMARTS) is 1. The Morgan fingerprint density at radius 1 is 1.11 bits per heavy atom. The van der Waals surface area contributed by atoms with E-state index in [9.17, 15) is 19.5 Å². The molecule has 0 spiro atoms. The van der Waals surface area contributed by atoms with E-state index in [1.807, 2.05) is 24.3 Å². The molecule has 35 heavy (non-hydrogen) atoms. The van der Waals surface area contributed by atoms with E-state index in [0.29, 0.717) is 18.7 Å². The normalized spacial score (nSPS) is 17.9. The summed E-state index contributed by atoms with van der Waals surface area (Å²) in [5.74, 6) is -0.451. The summed E-state index contributed by atoms with van der Waals surface area (Å²) >= 11 is 1.36. The number of nitrogens with zero attached hydrogens (tertiary/aromatic N) is 1. The SMILES string of the molecule is CCCC[C@@H](CC(=O)N1CCSC(C(=O)O)C1)NC(=O)OCC1c2ccccc2-c2ccccc21. The molecule has 1 fully saturated rings. The van der Waals surface area contributed by atoms with Crippen molar-refractivity contribution in [2.24, 2.45) is 0 Å². The topological polar surface area (TPSA) is 95.9 Å². The lowest BCUT2D eigenvalue weighted by Crippen LogP contribution is -2.47. The van der Waals surface area contributed by atoms with Crippen LogP contribution in [0.25, 0.3) is 11.1 Å². The Kier molecular flexibility index (Phi) is 8.33. The molecule has 2 N–H and O–H groups in total. The average Bonchev–Trinajstić information content (AvgIpc) is 3.19. The molecule has 8 heteroatoms. The zero-order chi connectivity index (χ0) is 24.8. The van der Waals surface area contributed by atoms with Crippen molar-refractivity contribution in [1.29, 1.82) is 0 Å². The third-order valence-corrected chi connectivity index (χ3v) is 7.86. The third-order valence-electron chi connectivity index (χ3n) is 6.69. The molecule has 7 nitrogen and oxygen atoms in total. The molecular weight excluding hydrogens is 464 g/mol. The Labute approximate surface area is 210 Å². The highest BCUT2D eigenvalue weighted by Gasteiger charge is 2.31. The van der Waals surface area contributed by atoms with E-state index >= 15 is 0 Å². The van der Waals surface area contributed by atoms with Crippen molar-refractivity contribution in [2.45, 2.75) is 49.8 Å². The van der Waals surface area contributed by atoms with Gasteiger partial charge < -0.3 is 20.1 Å². The van der Waals surface area contributed by atoms with Crippen LogP contribution in [0, 0.1) is 0 Å². The molecule has 1 aliphatic carbocycles. The number of rotatable bonds is 9. The highest BCUT2D eigenvalue weighted by molar-refractivity contribution is 8.00. The Balaban J connectivity index is 1.36. The molecule has 1 saturated heterocycles. The van der Waals surface area contributed by atoms with Crippen LogP contribution in [0.15, 0.2) is 48.5 Å². The summed E-state index contributed by atoms with van der Waals surface area (Å²) < 4.78 is 5.67. The highest BCUT2D eigenvalue weighted by Crippen LogP contribution is 2.44. The minimum Gasteiger partial charge on any atom is -0.480 e. The van der Waals surface area contributed by atoms with Gasteiger partial charge in [-0.15, -0.1) is 11.8 Å². The smallest absolute Gasteiger partial charge is 0.407 e. The summed E-state index contributed by atoms with van der Waals surface area (Å²) in [7, 11) is 0. The fraction of sp³-hybridized carbons (Fsp3) is 0.444. The molecule has 2 aromatic rings. The van der Waals surface area contributed by atoms with Crippen molar-refractivity contribution in [1.82, 2.24) is 10.2 Å². The number of ether oxygens (including phenoxy) is 1. The number of alkyl carbamates (subject to hydrolysis) is 1. The van der Waals surface area contributed by atoms with Gasteiger partial charge in [0.05, 0.1) is 0 Å². The first-order chi connectivity index (χ1) is 17.0. The molecule has 2 atom stereocenters. The summed E-state index contributed by atoms with van der Waals surface area (Å²) in [5, 5.41) is 11.6. The number of hydrogen-bond donors (Lipinski definition) is 2. The summed E-state index contributed by atoms with van der Waals surface area (Å²) in [6, 6.07) is 16.0. The molecule has 1 heterocycles. The lowest BCUT2D eigenvalue weighted by molar-refractivity contribution is -0.138. The van der Waals surface area contributed by atoms with Crippen LogP contribution in [0.2, 0.25) is 0 Å². The zero-order valence-corrected chi connectivity index (χ0v) is 20.8. The molecule has 0 radical (unpaired) electrons. The predicted octanol–water partition coefficient (Wildman–Crippen LogP) is 4.50.